The van der Waals surface area contributed by atoms with Crippen molar-refractivity contribution in [3.8, 4) is 0 Å². The number of benzene rings is 1. The zero-order chi connectivity index (χ0) is 13.8. The van der Waals surface area contributed by atoms with E-state index in [1.807, 2.05) is 31.2 Å². The van der Waals surface area contributed by atoms with E-state index in [1.165, 1.54) is 0 Å². The molecule has 0 heterocycles. The second kappa shape index (κ2) is 5.87. The minimum atomic E-state index is -0.107. The van der Waals surface area contributed by atoms with E-state index in [1.54, 1.807) is 11.9 Å². The standard InChI is InChI=1S/C15H20N2O2/c1-11-4-3-5-12(10-11)16-15(19)17(2)13-6-8-14(18)9-7-13/h3-5,10,13H,6-9H2,1-2H3,(H,16,19). The first-order valence-corrected chi connectivity index (χ1v) is 6.68. The molecule has 0 unspecified atom stereocenters. The van der Waals surface area contributed by atoms with Gasteiger partial charge in [0.2, 0.25) is 0 Å². The molecule has 1 aliphatic rings. The number of anilines is 1. The van der Waals surface area contributed by atoms with Gasteiger partial charge in [-0.3, -0.25) is 4.79 Å². The molecule has 102 valence electrons. The van der Waals surface area contributed by atoms with Crippen LogP contribution in [0.2, 0.25) is 0 Å². The van der Waals surface area contributed by atoms with Crippen molar-refractivity contribution in [2.45, 2.75) is 38.6 Å². The van der Waals surface area contributed by atoms with Gasteiger partial charge in [-0.15, -0.1) is 0 Å². The summed E-state index contributed by atoms with van der Waals surface area (Å²) in [5, 5.41) is 2.89. The number of ketones is 1. The molecular weight excluding hydrogens is 240 g/mol. The number of nitrogens with one attached hydrogen (secondary N) is 1. The van der Waals surface area contributed by atoms with Gasteiger partial charge >= 0.3 is 6.03 Å². The minimum absolute atomic E-state index is 0.107. The molecule has 0 bridgehead atoms. The van der Waals surface area contributed by atoms with Crippen molar-refractivity contribution >= 4 is 17.5 Å². The third-order valence-electron chi connectivity index (χ3n) is 3.65. The van der Waals surface area contributed by atoms with Gasteiger partial charge < -0.3 is 10.2 Å². The van der Waals surface area contributed by atoms with E-state index in [0.717, 1.165) is 24.1 Å². The van der Waals surface area contributed by atoms with Crippen LogP contribution in [-0.2, 0) is 4.79 Å². The zero-order valence-corrected chi connectivity index (χ0v) is 11.5. The molecule has 0 aliphatic heterocycles. The lowest BCUT2D eigenvalue weighted by molar-refractivity contribution is -0.121. The molecule has 2 amide bonds. The quantitative estimate of drug-likeness (QED) is 0.888. The molecule has 4 nitrogen and oxygen atoms in total. The molecule has 1 N–H and O–H groups in total. The second-order valence-corrected chi connectivity index (χ2v) is 5.18. The lowest BCUT2D eigenvalue weighted by Crippen LogP contribution is -2.41. The number of hydrogen-bond donors (Lipinski definition) is 1. The summed E-state index contributed by atoms with van der Waals surface area (Å²) >= 11 is 0. The van der Waals surface area contributed by atoms with Crippen molar-refractivity contribution in [1.29, 1.82) is 0 Å². The third kappa shape index (κ3) is 3.56. The highest BCUT2D eigenvalue weighted by molar-refractivity contribution is 5.89. The van der Waals surface area contributed by atoms with Gasteiger partial charge in [-0.2, -0.15) is 0 Å². The lowest BCUT2D eigenvalue weighted by Gasteiger charge is -2.30. The largest absolute Gasteiger partial charge is 0.325 e. The van der Waals surface area contributed by atoms with Crippen molar-refractivity contribution in [1.82, 2.24) is 4.90 Å². The van der Waals surface area contributed by atoms with Crippen LogP contribution in [0.25, 0.3) is 0 Å². The maximum atomic E-state index is 12.1. The number of carbonyl (C=O) groups excluding carboxylic acids is 2. The molecule has 4 heteroatoms. The average molecular weight is 260 g/mol. The fourth-order valence-corrected chi connectivity index (χ4v) is 2.41. The number of urea groups is 1. The molecule has 0 atom stereocenters. The number of aryl methyl sites for hydroxylation is 1. The van der Waals surface area contributed by atoms with Gasteiger partial charge in [0.05, 0.1) is 0 Å². The van der Waals surface area contributed by atoms with Crippen LogP contribution >= 0.6 is 0 Å². The molecule has 0 saturated heterocycles. The molecule has 1 aromatic rings. The molecular formula is C15H20N2O2. The Morgan fingerprint density at radius 2 is 2.00 bits per heavy atom. The Labute approximate surface area is 113 Å². The average Bonchev–Trinajstić information content (AvgIpc) is 2.39. The van der Waals surface area contributed by atoms with Crippen LogP contribution in [0.1, 0.15) is 31.2 Å². The van der Waals surface area contributed by atoms with Gasteiger partial charge in [-0.25, -0.2) is 4.79 Å². The monoisotopic (exact) mass is 260 g/mol. The SMILES string of the molecule is Cc1cccc(NC(=O)N(C)C2CCC(=O)CC2)c1. The van der Waals surface area contributed by atoms with Gasteiger partial charge in [0.1, 0.15) is 5.78 Å². The van der Waals surface area contributed by atoms with Gasteiger partial charge in [0.25, 0.3) is 0 Å². The van der Waals surface area contributed by atoms with Gasteiger partial charge in [-0.1, -0.05) is 12.1 Å². The fraction of sp³-hybridized carbons (Fsp3) is 0.467. The van der Waals surface area contributed by atoms with Gasteiger partial charge in [-0.05, 0) is 37.5 Å². The maximum Gasteiger partial charge on any atom is 0.321 e. The van der Waals surface area contributed by atoms with E-state index in [2.05, 4.69) is 5.32 Å². The van der Waals surface area contributed by atoms with Crippen molar-refractivity contribution in [2.24, 2.45) is 0 Å². The first kappa shape index (κ1) is 13.6. The highest BCUT2D eigenvalue weighted by Gasteiger charge is 2.25. The summed E-state index contributed by atoms with van der Waals surface area (Å²) in [5.41, 5.74) is 1.92. The van der Waals surface area contributed by atoms with Gasteiger partial charge in [0, 0.05) is 31.6 Å². The normalized spacial score (nSPS) is 16.2. The third-order valence-corrected chi connectivity index (χ3v) is 3.65. The number of amides is 2. The molecule has 1 saturated carbocycles. The molecule has 1 fully saturated rings. The van der Waals surface area contributed by atoms with E-state index < -0.39 is 0 Å². The molecule has 0 spiro atoms. The van der Waals surface area contributed by atoms with E-state index in [4.69, 9.17) is 0 Å². The summed E-state index contributed by atoms with van der Waals surface area (Å²) in [6.07, 6.45) is 2.73. The zero-order valence-electron chi connectivity index (χ0n) is 11.5. The highest BCUT2D eigenvalue weighted by Crippen LogP contribution is 2.20. The van der Waals surface area contributed by atoms with Gasteiger partial charge in [0.15, 0.2) is 0 Å². The van der Waals surface area contributed by atoms with E-state index in [-0.39, 0.29) is 12.1 Å². The Bertz CT molecular complexity index is 475. The first-order chi connectivity index (χ1) is 9.06. The number of hydrogen-bond acceptors (Lipinski definition) is 2. The summed E-state index contributed by atoms with van der Waals surface area (Å²) in [4.78, 5) is 25.1. The smallest absolute Gasteiger partial charge is 0.321 e. The predicted molar refractivity (Wildman–Crippen MR) is 75.2 cm³/mol. The summed E-state index contributed by atoms with van der Waals surface area (Å²) in [6.45, 7) is 1.99. The fourth-order valence-electron chi connectivity index (χ4n) is 2.41. The van der Waals surface area contributed by atoms with Crippen LogP contribution in [0.5, 0.6) is 0 Å². The van der Waals surface area contributed by atoms with Crippen molar-refractivity contribution < 1.29 is 9.59 Å². The Hall–Kier alpha value is -1.84. The molecule has 2 rings (SSSR count). The maximum absolute atomic E-state index is 12.1. The van der Waals surface area contributed by atoms with Crippen LogP contribution in [-0.4, -0.2) is 29.8 Å². The van der Waals surface area contributed by atoms with Crippen molar-refractivity contribution in [3.63, 3.8) is 0 Å². The van der Waals surface area contributed by atoms with Crippen LogP contribution in [0.3, 0.4) is 0 Å². The molecule has 0 aromatic heterocycles. The summed E-state index contributed by atoms with van der Waals surface area (Å²) in [6, 6.07) is 7.79. The molecule has 1 aliphatic carbocycles. The van der Waals surface area contributed by atoms with Crippen LogP contribution in [0, 0.1) is 6.92 Å². The molecule has 0 radical (unpaired) electrons. The first-order valence-electron chi connectivity index (χ1n) is 6.68. The topological polar surface area (TPSA) is 49.4 Å². The Morgan fingerprint density at radius 3 is 2.63 bits per heavy atom. The van der Waals surface area contributed by atoms with Crippen molar-refractivity contribution in [3.05, 3.63) is 29.8 Å². The summed E-state index contributed by atoms with van der Waals surface area (Å²) < 4.78 is 0. The summed E-state index contributed by atoms with van der Waals surface area (Å²) in [5.74, 6) is 0.309. The van der Waals surface area contributed by atoms with Crippen LogP contribution in [0.4, 0.5) is 10.5 Å². The lowest BCUT2D eigenvalue weighted by atomic mass is 9.93. The number of carbonyl (C=O) groups is 2. The number of nitrogens with zero attached hydrogens (tertiary/aromatic N) is 1. The van der Waals surface area contributed by atoms with Crippen LogP contribution in [0.15, 0.2) is 24.3 Å². The molecule has 19 heavy (non-hydrogen) atoms. The number of Topliss-reactive ketones (excluding diaryl/α,β-unsaturated/α-hetero) is 1. The minimum Gasteiger partial charge on any atom is -0.325 e. The Morgan fingerprint density at radius 1 is 1.32 bits per heavy atom. The molecule has 1 aromatic carbocycles. The second-order valence-electron chi connectivity index (χ2n) is 5.18. The van der Waals surface area contributed by atoms with Crippen LogP contribution < -0.4 is 5.32 Å². The Kier molecular flexibility index (Phi) is 4.20. The summed E-state index contributed by atoms with van der Waals surface area (Å²) in [7, 11) is 1.80. The number of rotatable bonds is 2. The van der Waals surface area contributed by atoms with E-state index in [0.29, 0.717) is 18.6 Å². The highest BCUT2D eigenvalue weighted by atomic mass is 16.2. The Balaban J connectivity index is 1.94. The van der Waals surface area contributed by atoms with Crippen molar-refractivity contribution in [2.75, 3.05) is 12.4 Å². The van der Waals surface area contributed by atoms with E-state index in [9.17, 15) is 9.59 Å². The predicted octanol–water partition coefficient (Wildman–Crippen LogP) is 2.97. The van der Waals surface area contributed by atoms with E-state index >= 15 is 0 Å².